The lowest BCUT2D eigenvalue weighted by molar-refractivity contribution is 0.269. The van der Waals surface area contributed by atoms with Gasteiger partial charge in [0.2, 0.25) is 0 Å². The fourth-order valence-corrected chi connectivity index (χ4v) is 2.44. The summed E-state index contributed by atoms with van der Waals surface area (Å²) < 4.78 is 5.42. The summed E-state index contributed by atoms with van der Waals surface area (Å²) in [6.07, 6.45) is 4.90. The van der Waals surface area contributed by atoms with E-state index in [0.717, 1.165) is 11.3 Å². The van der Waals surface area contributed by atoms with Gasteiger partial charge in [0.25, 0.3) is 0 Å². The highest BCUT2D eigenvalue weighted by Gasteiger charge is 2.16. The molecule has 1 aliphatic rings. The topological polar surface area (TPSA) is 29.5 Å². The first-order valence-electron chi connectivity index (χ1n) is 6.06. The molecular weight excluding hydrogens is 200 g/mol. The Labute approximate surface area is 97.3 Å². The Morgan fingerprint density at radius 1 is 1.25 bits per heavy atom. The molecular formula is C14H20O2. The molecule has 0 saturated heterocycles. The van der Waals surface area contributed by atoms with Gasteiger partial charge in [-0.05, 0) is 48.4 Å². The van der Waals surface area contributed by atoms with Crippen LogP contribution >= 0.6 is 0 Å². The molecule has 1 aromatic rings. The molecule has 0 spiro atoms. The first-order valence-corrected chi connectivity index (χ1v) is 6.06. The van der Waals surface area contributed by atoms with Crippen molar-refractivity contribution in [3.8, 4) is 5.75 Å². The van der Waals surface area contributed by atoms with E-state index in [1.165, 1.54) is 36.8 Å². The Balaban J connectivity index is 2.43. The van der Waals surface area contributed by atoms with E-state index in [9.17, 15) is 5.11 Å². The molecule has 0 heterocycles. The Morgan fingerprint density at radius 3 is 2.44 bits per heavy atom. The van der Waals surface area contributed by atoms with Crippen molar-refractivity contribution in [2.24, 2.45) is 0 Å². The van der Waals surface area contributed by atoms with Crippen LogP contribution in [0.3, 0.4) is 0 Å². The zero-order valence-corrected chi connectivity index (χ0v) is 10.1. The van der Waals surface area contributed by atoms with Gasteiger partial charge < -0.3 is 9.84 Å². The molecule has 2 nitrogen and oxygen atoms in total. The van der Waals surface area contributed by atoms with Gasteiger partial charge in [0.1, 0.15) is 5.75 Å². The van der Waals surface area contributed by atoms with Crippen LogP contribution < -0.4 is 4.74 Å². The SMILES string of the molecule is COc1cc2c(cc1C(C)CO)CCCC2. The minimum absolute atomic E-state index is 0.155. The molecule has 2 heteroatoms. The number of aliphatic hydroxyl groups is 1. The first-order chi connectivity index (χ1) is 7.76. The van der Waals surface area contributed by atoms with Crippen molar-refractivity contribution in [3.05, 3.63) is 28.8 Å². The predicted octanol–water partition coefficient (Wildman–Crippen LogP) is 2.67. The lowest BCUT2D eigenvalue weighted by Gasteiger charge is -2.21. The molecule has 88 valence electrons. The van der Waals surface area contributed by atoms with Gasteiger partial charge in [-0.15, -0.1) is 0 Å². The van der Waals surface area contributed by atoms with Crippen molar-refractivity contribution >= 4 is 0 Å². The molecule has 1 unspecified atom stereocenters. The van der Waals surface area contributed by atoms with Crippen LogP contribution in [-0.2, 0) is 12.8 Å². The summed E-state index contributed by atoms with van der Waals surface area (Å²) in [4.78, 5) is 0. The van der Waals surface area contributed by atoms with E-state index in [4.69, 9.17) is 4.74 Å². The average Bonchev–Trinajstić information content (AvgIpc) is 2.36. The number of hydrogen-bond acceptors (Lipinski definition) is 2. The summed E-state index contributed by atoms with van der Waals surface area (Å²) in [7, 11) is 1.71. The van der Waals surface area contributed by atoms with Gasteiger partial charge in [0.15, 0.2) is 0 Å². The molecule has 1 atom stereocenters. The van der Waals surface area contributed by atoms with Gasteiger partial charge in [-0.3, -0.25) is 0 Å². The largest absolute Gasteiger partial charge is 0.496 e. The third kappa shape index (κ3) is 2.07. The van der Waals surface area contributed by atoms with Crippen LogP contribution in [0.25, 0.3) is 0 Å². The van der Waals surface area contributed by atoms with Crippen LogP contribution in [0, 0.1) is 0 Å². The molecule has 0 aromatic heterocycles. The Kier molecular flexibility index (Phi) is 3.49. The van der Waals surface area contributed by atoms with Crippen LogP contribution in [-0.4, -0.2) is 18.8 Å². The van der Waals surface area contributed by atoms with Crippen LogP contribution in [0.5, 0.6) is 5.75 Å². The number of methoxy groups -OCH3 is 1. The second-order valence-electron chi connectivity index (χ2n) is 4.65. The van der Waals surface area contributed by atoms with E-state index in [2.05, 4.69) is 12.1 Å². The summed E-state index contributed by atoms with van der Waals surface area (Å²) >= 11 is 0. The van der Waals surface area contributed by atoms with Crippen molar-refractivity contribution in [3.63, 3.8) is 0 Å². The summed E-state index contributed by atoms with van der Waals surface area (Å²) in [5.41, 5.74) is 4.02. The number of hydrogen-bond donors (Lipinski definition) is 1. The van der Waals surface area contributed by atoms with Crippen LogP contribution in [0.15, 0.2) is 12.1 Å². The maximum Gasteiger partial charge on any atom is 0.122 e. The molecule has 0 radical (unpaired) electrons. The molecule has 16 heavy (non-hydrogen) atoms. The molecule has 0 aliphatic heterocycles. The number of benzene rings is 1. The highest BCUT2D eigenvalue weighted by Crippen LogP contribution is 2.33. The van der Waals surface area contributed by atoms with E-state index < -0.39 is 0 Å². The van der Waals surface area contributed by atoms with Crippen molar-refractivity contribution in [1.29, 1.82) is 0 Å². The average molecular weight is 220 g/mol. The smallest absolute Gasteiger partial charge is 0.122 e. The Bertz CT molecular complexity index is 371. The molecule has 2 rings (SSSR count). The summed E-state index contributed by atoms with van der Waals surface area (Å²) in [6, 6.07) is 4.39. The Hall–Kier alpha value is -1.02. The number of aliphatic hydroxyl groups excluding tert-OH is 1. The van der Waals surface area contributed by atoms with Gasteiger partial charge in [0, 0.05) is 12.5 Å². The lowest BCUT2D eigenvalue weighted by Crippen LogP contribution is -2.08. The zero-order chi connectivity index (χ0) is 11.5. The molecule has 0 amide bonds. The van der Waals surface area contributed by atoms with Gasteiger partial charge >= 0.3 is 0 Å². The molecule has 0 fully saturated rings. The van der Waals surface area contributed by atoms with Gasteiger partial charge in [0.05, 0.1) is 7.11 Å². The molecule has 1 N–H and O–H groups in total. The van der Waals surface area contributed by atoms with Crippen molar-refractivity contribution < 1.29 is 9.84 Å². The summed E-state index contributed by atoms with van der Waals surface area (Å²) in [5.74, 6) is 1.09. The minimum Gasteiger partial charge on any atom is -0.496 e. The molecule has 0 bridgehead atoms. The molecule has 1 aliphatic carbocycles. The van der Waals surface area contributed by atoms with E-state index in [1.807, 2.05) is 6.92 Å². The number of ether oxygens (including phenoxy) is 1. The van der Waals surface area contributed by atoms with E-state index in [0.29, 0.717) is 0 Å². The standard InChI is InChI=1S/C14H20O2/c1-10(9-15)13-7-11-5-3-4-6-12(11)8-14(13)16-2/h7-8,10,15H,3-6,9H2,1-2H3. The third-order valence-corrected chi connectivity index (χ3v) is 3.50. The maximum atomic E-state index is 9.26. The summed E-state index contributed by atoms with van der Waals surface area (Å²) in [6.45, 7) is 2.21. The van der Waals surface area contributed by atoms with E-state index >= 15 is 0 Å². The maximum absolute atomic E-state index is 9.26. The second kappa shape index (κ2) is 4.88. The van der Waals surface area contributed by atoms with Crippen LogP contribution in [0.2, 0.25) is 0 Å². The van der Waals surface area contributed by atoms with Gasteiger partial charge in [-0.25, -0.2) is 0 Å². The van der Waals surface area contributed by atoms with Crippen molar-refractivity contribution in [1.82, 2.24) is 0 Å². The first kappa shape index (κ1) is 11.5. The fraction of sp³-hybridized carbons (Fsp3) is 0.571. The third-order valence-electron chi connectivity index (χ3n) is 3.50. The van der Waals surface area contributed by atoms with E-state index in [-0.39, 0.29) is 12.5 Å². The zero-order valence-electron chi connectivity index (χ0n) is 10.1. The normalized spacial score (nSPS) is 16.7. The van der Waals surface area contributed by atoms with Crippen LogP contribution in [0.4, 0.5) is 0 Å². The number of fused-ring (bicyclic) bond motifs is 1. The monoisotopic (exact) mass is 220 g/mol. The van der Waals surface area contributed by atoms with Crippen molar-refractivity contribution in [2.45, 2.75) is 38.5 Å². The van der Waals surface area contributed by atoms with Gasteiger partial charge in [-0.2, -0.15) is 0 Å². The molecule has 0 saturated carbocycles. The quantitative estimate of drug-likeness (QED) is 0.848. The highest BCUT2D eigenvalue weighted by molar-refractivity contribution is 5.45. The highest BCUT2D eigenvalue weighted by atomic mass is 16.5. The van der Waals surface area contributed by atoms with E-state index in [1.54, 1.807) is 7.11 Å². The fourth-order valence-electron chi connectivity index (χ4n) is 2.44. The molecule has 1 aromatic carbocycles. The Morgan fingerprint density at radius 2 is 1.88 bits per heavy atom. The number of aryl methyl sites for hydroxylation is 2. The number of rotatable bonds is 3. The predicted molar refractivity (Wildman–Crippen MR) is 65.1 cm³/mol. The lowest BCUT2D eigenvalue weighted by atomic mass is 9.87. The van der Waals surface area contributed by atoms with Crippen molar-refractivity contribution in [2.75, 3.05) is 13.7 Å². The summed E-state index contributed by atoms with van der Waals surface area (Å²) in [5, 5.41) is 9.26. The minimum atomic E-state index is 0.155. The van der Waals surface area contributed by atoms with Gasteiger partial charge in [-0.1, -0.05) is 13.0 Å². The second-order valence-corrected chi connectivity index (χ2v) is 4.65. The van der Waals surface area contributed by atoms with Crippen LogP contribution in [0.1, 0.15) is 42.4 Å².